The van der Waals surface area contributed by atoms with Gasteiger partial charge in [0.05, 0.1) is 23.4 Å². The second-order valence-electron chi connectivity index (χ2n) is 4.83. The van der Waals surface area contributed by atoms with Gasteiger partial charge in [-0.2, -0.15) is 0 Å². The van der Waals surface area contributed by atoms with Crippen LogP contribution in [0.4, 0.5) is 4.39 Å². The lowest BCUT2D eigenvalue weighted by atomic mass is 10.0. The largest absolute Gasteiger partial charge is 0.257 e. The predicted octanol–water partition coefficient (Wildman–Crippen LogP) is 2.94. The Balaban J connectivity index is 2.06. The summed E-state index contributed by atoms with van der Waals surface area (Å²) in [7, 11) is -3.28. The molecule has 0 amide bonds. The molecule has 1 atom stereocenters. The van der Waals surface area contributed by atoms with Crippen molar-refractivity contribution in [3.05, 3.63) is 65.7 Å². The van der Waals surface area contributed by atoms with Gasteiger partial charge in [-0.15, -0.1) is 0 Å². The maximum Gasteiger partial charge on any atom is 0.156 e. The molecule has 1 aromatic heterocycles. The Kier molecular flexibility index (Phi) is 4.49. The SMILES string of the molecule is CC(CS(=O)(=O)Cc1ccc(F)cn1)c1ccccc1. The van der Waals surface area contributed by atoms with Gasteiger partial charge in [0.1, 0.15) is 5.82 Å². The molecule has 1 heterocycles. The van der Waals surface area contributed by atoms with E-state index < -0.39 is 15.7 Å². The monoisotopic (exact) mass is 293 g/mol. The van der Waals surface area contributed by atoms with Crippen LogP contribution in [0, 0.1) is 5.82 Å². The Bertz CT molecular complexity index is 654. The number of sulfone groups is 1. The van der Waals surface area contributed by atoms with Gasteiger partial charge in [-0.1, -0.05) is 37.3 Å². The van der Waals surface area contributed by atoms with Crippen molar-refractivity contribution in [2.45, 2.75) is 18.6 Å². The molecule has 0 fully saturated rings. The zero-order chi connectivity index (χ0) is 14.6. The van der Waals surface area contributed by atoms with Crippen molar-refractivity contribution < 1.29 is 12.8 Å². The third-order valence-electron chi connectivity index (χ3n) is 3.03. The van der Waals surface area contributed by atoms with Gasteiger partial charge in [0.25, 0.3) is 0 Å². The normalized spacial score (nSPS) is 13.1. The van der Waals surface area contributed by atoms with E-state index in [1.54, 1.807) is 0 Å². The Morgan fingerprint density at radius 3 is 2.45 bits per heavy atom. The van der Waals surface area contributed by atoms with Crippen molar-refractivity contribution in [2.75, 3.05) is 5.75 Å². The second kappa shape index (κ2) is 6.13. The molecule has 20 heavy (non-hydrogen) atoms. The zero-order valence-electron chi connectivity index (χ0n) is 11.2. The molecule has 0 N–H and O–H groups in total. The lowest BCUT2D eigenvalue weighted by Crippen LogP contribution is -2.15. The van der Waals surface area contributed by atoms with Gasteiger partial charge in [0.15, 0.2) is 9.84 Å². The first kappa shape index (κ1) is 14.7. The Hall–Kier alpha value is -1.75. The van der Waals surface area contributed by atoms with Crippen molar-refractivity contribution in [3.8, 4) is 0 Å². The third kappa shape index (κ3) is 4.13. The molecular formula is C15H16FNO2S. The van der Waals surface area contributed by atoms with Gasteiger partial charge >= 0.3 is 0 Å². The lowest BCUT2D eigenvalue weighted by molar-refractivity contribution is 0.588. The third-order valence-corrected chi connectivity index (χ3v) is 4.77. The summed E-state index contributed by atoms with van der Waals surface area (Å²) >= 11 is 0. The van der Waals surface area contributed by atoms with E-state index >= 15 is 0 Å². The maximum absolute atomic E-state index is 12.7. The summed E-state index contributed by atoms with van der Waals surface area (Å²) in [6, 6.07) is 12.1. The average Bonchev–Trinajstić information content (AvgIpc) is 2.41. The topological polar surface area (TPSA) is 47.0 Å². The van der Waals surface area contributed by atoms with Crippen molar-refractivity contribution in [1.82, 2.24) is 4.98 Å². The first-order chi connectivity index (χ1) is 9.46. The molecular weight excluding hydrogens is 277 g/mol. The van der Waals surface area contributed by atoms with E-state index in [2.05, 4.69) is 4.98 Å². The summed E-state index contributed by atoms with van der Waals surface area (Å²) < 4.78 is 37.0. The van der Waals surface area contributed by atoms with Gasteiger partial charge < -0.3 is 0 Å². The molecule has 2 aromatic rings. The standard InChI is InChI=1S/C15H16FNO2S/c1-12(13-5-3-2-4-6-13)10-20(18,19)11-15-8-7-14(16)9-17-15/h2-9,12H,10-11H2,1H3. The Morgan fingerprint density at radius 1 is 1.15 bits per heavy atom. The molecule has 0 saturated heterocycles. The molecule has 0 radical (unpaired) electrons. The van der Waals surface area contributed by atoms with E-state index in [-0.39, 0.29) is 17.4 Å². The molecule has 0 bridgehead atoms. The fourth-order valence-electron chi connectivity index (χ4n) is 2.03. The van der Waals surface area contributed by atoms with Crippen molar-refractivity contribution in [3.63, 3.8) is 0 Å². The molecule has 0 saturated carbocycles. The lowest BCUT2D eigenvalue weighted by Gasteiger charge is -2.12. The number of hydrogen-bond donors (Lipinski definition) is 0. The molecule has 1 unspecified atom stereocenters. The van der Waals surface area contributed by atoms with Crippen LogP contribution in [-0.4, -0.2) is 19.2 Å². The van der Waals surface area contributed by atoms with Gasteiger partial charge in [-0.25, -0.2) is 12.8 Å². The molecule has 0 aliphatic rings. The molecule has 0 aliphatic heterocycles. The van der Waals surface area contributed by atoms with Crippen molar-refractivity contribution >= 4 is 9.84 Å². The van der Waals surface area contributed by atoms with Crippen molar-refractivity contribution in [2.24, 2.45) is 0 Å². The van der Waals surface area contributed by atoms with E-state index in [0.29, 0.717) is 5.69 Å². The summed E-state index contributed by atoms with van der Waals surface area (Å²) in [6.07, 6.45) is 1.03. The van der Waals surface area contributed by atoms with Crippen LogP contribution in [0.1, 0.15) is 24.1 Å². The minimum Gasteiger partial charge on any atom is -0.257 e. The number of benzene rings is 1. The molecule has 0 aliphatic carbocycles. The minimum absolute atomic E-state index is 0.0517. The minimum atomic E-state index is -3.28. The van der Waals surface area contributed by atoms with Crippen molar-refractivity contribution in [1.29, 1.82) is 0 Å². The first-order valence-electron chi connectivity index (χ1n) is 6.32. The molecule has 3 nitrogen and oxygen atoms in total. The molecule has 0 spiro atoms. The van der Waals surface area contributed by atoms with E-state index in [0.717, 1.165) is 11.8 Å². The van der Waals surface area contributed by atoms with Crippen LogP contribution < -0.4 is 0 Å². The fourth-order valence-corrected chi connectivity index (χ4v) is 3.73. The number of rotatable bonds is 5. The van der Waals surface area contributed by atoms with Crippen LogP contribution in [0.5, 0.6) is 0 Å². The summed E-state index contributed by atoms with van der Waals surface area (Å²) in [5, 5.41) is 0. The number of aromatic nitrogens is 1. The van der Waals surface area contributed by atoms with E-state index in [9.17, 15) is 12.8 Å². The highest BCUT2D eigenvalue weighted by molar-refractivity contribution is 7.90. The van der Waals surface area contributed by atoms with Crippen LogP contribution in [0.15, 0.2) is 48.7 Å². The zero-order valence-corrected chi connectivity index (χ0v) is 12.0. The number of pyridine rings is 1. The smallest absolute Gasteiger partial charge is 0.156 e. The van der Waals surface area contributed by atoms with Crippen LogP contribution >= 0.6 is 0 Å². The summed E-state index contributed by atoms with van der Waals surface area (Å²) in [6.45, 7) is 1.88. The number of hydrogen-bond acceptors (Lipinski definition) is 3. The van der Waals surface area contributed by atoms with Crippen LogP contribution in [0.3, 0.4) is 0 Å². The summed E-state index contributed by atoms with van der Waals surface area (Å²) in [5.74, 6) is -0.661. The molecule has 106 valence electrons. The second-order valence-corrected chi connectivity index (χ2v) is 6.94. The van der Waals surface area contributed by atoms with Crippen LogP contribution in [0.25, 0.3) is 0 Å². The van der Waals surface area contributed by atoms with E-state index in [1.807, 2.05) is 37.3 Å². The fraction of sp³-hybridized carbons (Fsp3) is 0.267. The maximum atomic E-state index is 12.7. The first-order valence-corrected chi connectivity index (χ1v) is 8.14. The highest BCUT2D eigenvalue weighted by Crippen LogP contribution is 2.18. The van der Waals surface area contributed by atoms with E-state index in [4.69, 9.17) is 0 Å². The molecule has 1 aromatic carbocycles. The van der Waals surface area contributed by atoms with Crippen LogP contribution in [-0.2, 0) is 15.6 Å². The van der Waals surface area contributed by atoms with Gasteiger partial charge in [-0.05, 0) is 23.6 Å². The summed E-state index contributed by atoms with van der Waals surface area (Å²) in [4.78, 5) is 3.79. The van der Waals surface area contributed by atoms with Crippen LogP contribution in [0.2, 0.25) is 0 Å². The van der Waals surface area contributed by atoms with E-state index in [1.165, 1.54) is 12.1 Å². The molecule has 5 heteroatoms. The van der Waals surface area contributed by atoms with Gasteiger partial charge in [0.2, 0.25) is 0 Å². The summed E-state index contributed by atoms with van der Waals surface area (Å²) in [5.41, 5.74) is 1.36. The van der Waals surface area contributed by atoms with Gasteiger partial charge in [0, 0.05) is 0 Å². The number of nitrogens with zero attached hydrogens (tertiary/aromatic N) is 1. The highest BCUT2D eigenvalue weighted by Gasteiger charge is 2.18. The quantitative estimate of drug-likeness (QED) is 0.851. The Morgan fingerprint density at radius 2 is 1.85 bits per heavy atom. The number of halogens is 1. The highest BCUT2D eigenvalue weighted by atomic mass is 32.2. The van der Waals surface area contributed by atoms with Gasteiger partial charge in [-0.3, -0.25) is 4.98 Å². The average molecular weight is 293 g/mol. The Labute approximate surface area is 118 Å². The molecule has 2 rings (SSSR count). The predicted molar refractivity (Wildman–Crippen MR) is 76.5 cm³/mol.